The molecule has 102 valence electrons. The monoisotopic (exact) mass is 314 g/mol. The molecular formula is C13H23BrN4. The first-order valence-electron chi connectivity index (χ1n) is 6.48. The van der Waals surface area contributed by atoms with Crippen LogP contribution in [0, 0.1) is 5.92 Å². The molecule has 18 heavy (non-hydrogen) atoms. The molecule has 0 unspecified atom stereocenters. The lowest BCUT2D eigenvalue weighted by Gasteiger charge is -2.30. The SMILES string of the molecule is CCNc1ncc(Br)c(N(CC(C)C)C(C)C)n1. The highest BCUT2D eigenvalue weighted by atomic mass is 79.9. The van der Waals surface area contributed by atoms with Gasteiger partial charge in [-0.2, -0.15) is 4.98 Å². The molecule has 0 aliphatic rings. The summed E-state index contributed by atoms with van der Waals surface area (Å²) in [4.78, 5) is 11.2. The minimum absolute atomic E-state index is 0.410. The summed E-state index contributed by atoms with van der Waals surface area (Å²) in [6.07, 6.45) is 1.82. The molecular weight excluding hydrogens is 292 g/mol. The standard InChI is InChI=1S/C13H23BrN4/c1-6-15-13-16-7-11(14)12(17-13)18(10(4)5)8-9(2)3/h7,9-10H,6,8H2,1-5H3,(H,15,16,17). The number of halogens is 1. The Hall–Kier alpha value is -0.840. The van der Waals surface area contributed by atoms with E-state index in [4.69, 9.17) is 0 Å². The lowest BCUT2D eigenvalue weighted by molar-refractivity contribution is 0.565. The molecule has 0 atom stereocenters. The van der Waals surface area contributed by atoms with E-state index in [1.54, 1.807) is 0 Å². The summed E-state index contributed by atoms with van der Waals surface area (Å²) in [5.41, 5.74) is 0. The summed E-state index contributed by atoms with van der Waals surface area (Å²) in [5.74, 6) is 2.24. The van der Waals surface area contributed by atoms with Crippen LogP contribution in [0.3, 0.4) is 0 Å². The van der Waals surface area contributed by atoms with E-state index < -0.39 is 0 Å². The summed E-state index contributed by atoms with van der Waals surface area (Å²) in [6.45, 7) is 12.7. The number of hydrogen-bond acceptors (Lipinski definition) is 4. The average molecular weight is 315 g/mol. The topological polar surface area (TPSA) is 41.1 Å². The zero-order valence-electron chi connectivity index (χ0n) is 11.9. The van der Waals surface area contributed by atoms with Crippen LogP contribution in [0.2, 0.25) is 0 Å². The highest BCUT2D eigenvalue weighted by molar-refractivity contribution is 9.10. The van der Waals surface area contributed by atoms with Crippen molar-refractivity contribution in [2.24, 2.45) is 5.92 Å². The number of aromatic nitrogens is 2. The van der Waals surface area contributed by atoms with Crippen molar-refractivity contribution in [3.05, 3.63) is 10.7 Å². The molecule has 0 saturated carbocycles. The largest absolute Gasteiger partial charge is 0.354 e. The van der Waals surface area contributed by atoms with Gasteiger partial charge in [-0.1, -0.05) is 13.8 Å². The van der Waals surface area contributed by atoms with E-state index in [-0.39, 0.29) is 0 Å². The molecule has 1 aromatic rings. The zero-order chi connectivity index (χ0) is 13.7. The fourth-order valence-corrected chi connectivity index (χ4v) is 2.16. The van der Waals surface area contributed by atoms with Crippen molar-refractivity contribution in [3.8, 4) is 0 Å². The number of anilines is 2. The van der Waals surface area contributed by atoms with Gasteiger partial charge in [-0.15, -0.1) is 0 Å². The normalized spacial score (nSPS) is 11.1. The minimum atomic E-state index is 0.410. The Kier molecular flexibility index (Phi) is 5.85. The maximum absolute atomic E-state index is 4.59. The Morgan fingerprint density at radius 3 is 2.50 bits per heavy atom. The Morgan fingerprint density at radius 1 is 1.33 bits per heavy atom. The minimum Gasteiger partial charge on any atom is -0.354 e. The van der Waals surface area contributed by atoms with Crippen molar-refractivity contribution in [2.75, 3.05) is 23.3 Å². The van der Waals surface area contributed by atoms with E-state index in [1.165, 1.54) is 0 Å². The summed E-state index contributed by atoms with van der Waals surface area (Å²) in [7, 11) is 0. The number of rotatable bonds is 6. The van der Waals surface area contributed by atoms with Crippen LogP contribution >= 0.6 is 15.9 Å². The molecule has 0 amide bonds. The van der Waals surface area contributed by atoms with Crippen molar-refractivity contribution in [3.63, 3.8) is 0 Å². The smallest absolute Gasteiger partial charge is 0.224 e. The Labute approximate surface area is 118 Å². The van der Waals surface area contributed by atoms with Crippen LogP contribution in [0.25, 0.3) is 0 Å². The Morgan fingerprint density at radius 2 is 2.00 bits per heavy atom. The summed E-state index contributed by atoms with van der Waals surface area (Å²) >= 11 is 3.55. The van der Waals surface area contributed by atoms with Gasteiger partial charge >= 0.3 is 0 Å². The van der Waals surface area contributed by atoms with Crippen LogP contribution in [-0.2, 0) is 0 Å². The van der Waals surface area contributed by atoms with Gasteiger partial charge in [0, 0.05) is 25.3 Å². The number of nitrogens with zero attached hydrogens (tertiary/aromatic N) is 3. The molecule has 1 aromatic heterocycles. The van der Waals surface area contributed by atoms with Gasteiger partial charge in [0.15, 0.2) is 0 Å². The third-order valence-electron chi connectivity index (χ3n) is 2.52. The third kappa shape index (κ3) is 4.12. The summed E-state index contributed by atoms with van der Waals surface area (Å²) < 4.78 is 0.943. The predicted octanol–water partition coefficient (Wildman–Crippen LogP) is 3.54. The van der Waals surface area contributed by atoms with Gasteiger partial charge in [-0.25, -0.2) is 4.98 Å². The molecule has 0 aromatic carbocycles. The lowest BCUT2D eigenvalue weighted by atomic mass is 10.2. The second-order valence-electron chi connectivity index (χ2n) is 5.04. The fourth-order valence-electron chi connectivity index (χ4n) is 1.74. The number of nitrogens with one attached hydrogen (secondary N) is 1. The molecule has 4 nitrogen and oxygen atoms in total. The average Bonchev–Trinajstić information content (AvgIpc) is 2.28. The molecule has 0 fully saturated rings. The van der Waals surface area contributed by atoms with Crippen LogP contribution in [-0.4, -0.2) is 29.1 Å². The van der Waals surface area contributed by atoms with Crippen LogP contribution in [0.1, 0.15) is 34.6 Å². The fraction of sp³-hybridized carbons (Fsp3) is 0.692. The molecule has 1 N–H and O–H groups in total. The highest BCUT2D eigenvalue weighted by Crippen LogP contribution is 2.26. The van der Waals surface area contributed by atoms with Gasteiger partial charge in [-0.05, 0) is 42.6 Å². The van der Waals surface area contributed by atoms with Gasteiger partial charge in [0.25, 0.3) is 0 Å². The maximum Gasteiger partial charge on any atom is 0.224 e. The molecule has 0 bridgehead atoms. The van der Waals surface area contributed by atoms with Crippen molar-refractivity contribution in [2.45, 2.75) is 40.7 Å². The molecule has 1 heterocycles. The quantitative estimate of drug-likeness (QED) is 0.872. The van der Waals surface area contributed by atoms with E-state index in [0.717, 1.165) is 23.4 Å². The van der Waals surface area contributed by atoms with Crippen LogP contribution in [0.15, 0.2) is 10.7 Å². The van der Waals surface area contributed by atoms with Crippen LogP contribution in [0.4, 0.5) is 11.8 Å². The number of hydrogen-bond donors (Lipinski definition) is 1. The molecule has 5 heteroatoms. The Bertz CT molecular complexity index is 379. The zero-order valence-corrected chi connectivity index (χ0v) is 13.5. The molecule has 0 spiro atoms. The van der Waals surface area contributed by atoms with Gasteiger partial charge in [0.1, 0.15) is 5.82 Å². The molecule has 0 radical (unpaired) electrons. The van der Waals surface area contributed by atoms with Crippen molar-refractivity contribution >= 4 is 27.7 Å². The second-order valence-corrected chi connectivity index (χ2v) is 5.89. The van der Waals surface area contributed by atoms with Crippen molar-refractivity contribution in [1.29, 1.82) is 0 Å². The van der Waals surface area contributed by atoms with Gasteiger partial charge in [-0.3, -0.25) is 0 Å². The second kappa shape index (κ2) is 6.92. The lowest BCUT2D eigenvalue weighted by Crippen LogP contribution is -2.35. The van der Waals surface area contributed by atoms with Gasteiger partial charge in [0.05, 0.1) is 4.47 Å². The summed E-state index contributed by atoms with van der Waals surface area (Å²) in [6, 6.07) is 0.410. The molecule has 0 aliphatic heterocycles. The third-order valence-corrected chi connectivity index (χ3v) is 3.08. The van der Waals surface area contributed by atoms with Gasteiger partial charge in [0.2, 0.25) is 5.95 Å². The first kappa shape index (κ1) is 15.2. The van der Waals surface area contributed by atoms with E-state index in [2.05, 4.69) is 63.8 Å². The maximum atomic E-state index is 4.59. The molecule has 1 rings (SSSR count). The van der Waals surface area contributed by atoms with Crippen molar-refractivity contribution in [1.82, 2.24) is 9.97 Å². The van der Waals surface area contributed by atoms with E-state index in [1.807, 2.05) is 13.1 Å². The van der Waals surface area contributed by atoms with Crippen LogP contribution < -0.4 is 10.2 Å². The molecule has 0 aliphatic carbocycles. The van der Waals surface area contributed by atoms with E-state index >= 15 is 0 Å². The van der Waals surface area contributed by atoms with Crippen LogP contribution in [0.5, 0.6) is 0 Å². The van der Waals surface area contributed by atoms with Crippen molar-refractivity contribution < 1.29 is 0 Å². The summed E-state index contributed by atoms with van der Waals surface area (Å²) in [5, 5.41) is 3.15. The van der Waals surface area contributed by atoms with Gasteiger partial charge < -0.3 is 10.2 Å². The van der Waals surface area contributed by atoms with E-state index in [9.17, 15) is 0 Å². The van der Waals surface area contributed by atoms with E-state index in [0.29, 0.717) is 17.9 Å². The Balaban J connectivity index is 3.05. The first-order valence-corrected chi connectivity index (χ1v) is 7.28. The predicted molar refractivity (Wildman–Crippen MR) is 81.2 cm³/mol. The highest BCUT2D eigenvalue weighted by Gasteiger charge is 2.17. The molecule has 0 saturated heterocycles. The first-order chi connectivity index (χ1) is 8.45.